The van der Waals surface area contributed by atoms with Crippen molar-refractivity contribution in [2.24, 2.45) is 5.10 Å². The number of unbranched alkanes of at least 4 members (excludes halogenated alkanes) is 2. The number of carboxylic acid groups (broad SMARTS) is 1. The van der Waals surface area contributed by atoms with Gasteiger partial charge in [0.05, 0.1) is 63.7 Å². The number of hydrogen-bond donors (Lipinski definition) is 5. The molecule has 78 heavy (non-hydrogen) atoms. The Bertz CT molecular complexity index is 2860. The molecule has 0 aliphatic rings. The van der Waals surface area contributed by atoms with Gasteiger partial charge >= 0.3 is 5.97 Å². The predicted octanol–water partition coefficient (Wildman–Crippen LogP) is 8.68. The Labute approximate surface area is 455 Å². The second-order valence-electron chi connectivity index (χ2n) is 17.6. The number of hydrazone groups is 1. The molecule has 414 valence electrons. The van der Waals surface area contributed by atoms with Crippen LogP contribution in [0.2, 0.25) is 0 Å². The fraction of sp³-hybridized carbons (Fsp3) is 0.345. The van der Waals surface area contributed by atoms with Crippen LogP contribution < -0.4 is 30.3 Å². The van der Waals surface area contributed by atoms with E-state index in [2.05, 4.69) is 44.3 Å². The van der Waals surface area contributed by atoms with Crippen LogP contribution in [0.3, 0.4) is 0 Å². The van der Waals surface area contributed by atoms with Crippen LogP contribution >= 0.6 is 0 Å². The van der Waals surface area contributed by atoms with Gasteiger partial charge in [0, 0.05) is 68.1 Å². The first-order chi connectivity index (χ1) is 38.0. The first kappa shape index (κ1) is 59.5. The van der Waals surface area contributed by atoms with Gasteiger partial charge in [-0.15, -0.1) is 0 Å². The molecule has 0 bridgehead atoms. The molecule has 2 aromatic heterocycles. The van der Waals surface area contributed by atoms with E-state index in [4.69, 9.17) is 33.4 Å². The Kier molecular flexibility index (Phi) is 25.5. The summed E-state index contributed by atoms with van der Waals surface area (Å²) < 4.78 is 67.6. The molecule has 2 heterocycles. The topological polar surface area (TPSA) is 255 Å². The number of benzene rings is 4. The van der Waals surface area contributed by atoms with Gasteiger partial charge in [0.15, 0.2) is 0 Å². The lowest BCUT2D eigenvalue weighted by Gasteiger charge is -2.16. The maximum Gasteiger partial charge on any atom is 0.303 e. The number of aromatic nitrogens is 2. The van der Waals surface area contributed by atoms with Crippen LogP contribution in [0.25, 0.3) is 22.4 Å². The molecular weight excluding hydrogens is 1020 g/mol. The van der Waals surface area contributed by atoms with E-state index in [0.29, 0.717) is 120 Å². The number of carbonyl (C=O) groups is 3. The Morgan fingerprint density at radius 3 is 1.86 bits per heavy atom. The van der Waals surface area contributed by atoms with Crippen molar-refractivity contribution in [3.05, 3.63) is 150 Å². The van der Waals surface area contributed by atoms with E-state index < -0.39 is 16.1 Å². The van der Waals surface area contributed by atoms with Crippen LogP contribution in [0, 0.1) is 0 Å². The lowest BCUT2D eigenvalue weighted by Crippen LogP contribution is -2.25. The summed E-state index contributed by atoms with van der Waals surface area (Å²) in [5.41, 5.74) is 7.86. The molecule has 0 atom stereocenters. The Balaban J connectivity index is 0.753. The zero-order valence-corrected chi connectivity index (χ0v) is 44.4. The van der Waals surface area contributed by atoms with Crippen molar-refractivity contribution in [2.45, 2.75) is 62.7 Å². The molecule has 4 aromatic carbocycles. The van der Waals surface area contributed by atoms with E-state index in [9.17, 15) is 32.5 Å². The van der Waals surface area contributed by atoms with Gasteiger partial charge in [-0.25, -0.2) is 9.97 Å². The Morgan fingerprint density at radius 2 is 1.21 bits per heavy atom. The number of anilines is 1. The molecule has 6 aromatic rings. The smallest absolute Gasteiger partial charge is 0.303 e. The SMILES string of the molecule is O=C(O)CCc1c(OCCCCCOc2cc(-c3ccccc3)cc(-c3ccccc3)n2)cccc1OCCCC(=O)NCCCOCCOCCOCCCNC(=O)c1ccc(N/N=C/c2ccccc2S(=O)(=O)O)nc1. The molecule has 0 aliphatic carbocycles. The lowest BCUT2D eigenvalue weighted by molar-refractivity contribution is -0.137. The summed E-state index contributed by atoms with van der Waals surface area (Å²) in [5.74, 6) is 0.707. The summed E-state index contributed by atoms with van der Waals surface area (Å²) in [5, 5.41) is 19.1. The molecule has 0 saturated heterocycles. The minimum Gasteiger partial charge on any atom is -0.493 e. The highest BCUT2D eigenvalue weighted by Gasteiger charge is 2.16. The molecule has 6 rings (SSSR count). The van der Waals surface area contributed by atoms with Crippen molar-refractivity contribution in [2.75, 3.05) is 78.0 Å². The van der Waals surface area contributed by atoms with Gasteiger partial charge in [0.1, 0.15) is 22.2 Å². The van der Waals surface area contributed by atoms with E-state index in [1.165, 1.54) is 30.6 Å². The zero-order chi connectivity index (χ0) is 55.1. The summed E-state index contributed by atoms with van der Waals surface area (Å²) in [6.45, 7) is 4.55. The van der Waals surface area contributed by atoms with E-state index in [1.54, 1.807) is 24.3 Å². The standard InChI is InChI=1S/C58H68N6O13S/c65-55(59-29-14-31-72-36-38-74-39-37-73-32-15-30-60-58(68)47-25-27-54(61-42-47)64-62-43-46-20-8-9-23-53(46)78(69,70)71)24-13-35-76-52-22-12-21-51(49(52)26-28-57(66)67)75-33-10-3-11-34-77-56-41-48(44-16-4-1-5-17-44)40-50(63-56)45-18-6-2-7-19-45/h1-2,4-9,12,16-23,25,27,40-43H,3,10-11,13-15,24,26,28-39H2,(H,59,65)(H,60,68)(H,61,64)(H,66,67)(H,69,70,71)/b62-43+. The van der Waals surface area contributed by atoms with Gasteiger partial charge in [0.2, 0.25) is 11.8 Å². The number of hydrogen-bond acceptors (Lipinski definition) is 15. The van der Waals surface area contributed by atoms with Gasteiger partial charge in [0.25, 0.3) is 16.0 Å². The Hall–Kier alpha value is -7.75. The highest BCUT2D eigenvalue weighted by Crippen LogP contribution is 2.31. The number of carboxylic acids is 1. The summed E-state index contributed by atoms with van der Waals surface area (Å²) >= 11 is 0. The second kappa shape index (κ2) is 33.4. The third kappa shape index (κ3) is 21.7. The van der Waals surface area contributed by atoms with E-state index in [-0.39, 0.29) is 48.1 Å². The molecule has 0 saturated carbocycles. The van der Waals surface area contributed by atoms with E-state index in [1.807, 2.05) is 66.7 Å². The van der Waals surface area contributed by atoms with Crippen LogP contribution in [-0.2, 0) is 40.3 Å². The third-order valence-electron chi connectivity index (χ3n) is 11.6. The Morgan fingerprint density at radius 1 is 0.590 bits per heavy atom. The summed E-state index contributed by atoms with van der Waals surface area (Å²) in [6.07, 6.45) is 7.18. The van der Waals surface area contributed by atoms with Crippen LogP contribution in [0.4, 0.5) is 5.82 Å². The number of pyridine rings is 2. The van der Waals surface area contributed by atoms with Gasteiger partial charge in [-0.05, 0) is 92.5 Å². The third-order valence-corrected chi connectivity index (χ3v) is 12.6. The predicted molar refractivity (Wildman–Crippen MR) is 296 cm³/mol. The quantitative estimate of drug-likeness (QED) is 0.0106. The van der Waals surface area contributed by atoms with Gasteiger partial charge in [-0.2, -0.15) is 13.5 Å². The average molecular weight is 1090 g/mol. The lowest BCUT2D eigenvalue weighted by atomic mass is 10.0. The van der Waals surface area contributed by atoms with Crippen LogP contribution in [-0.4, -0.2) is 125 Å². The molecule has 0 fully saturated rings. The van der Waals surface area contributed by atoms with Crippen LogP contribution in [0.15, 0.2) is 144 Å². The van der Waals surface area contributed by atoms with Crippen molar-refractivity contribution in [1.82, 2.24) is 20.6 Å². The molecule has 20 heteroatoms. The molecule has 0 unspecified atom stereocenters. The van der Waals surface area contributed by atoms with Gasteiger partial charge in [-0.1, -0.05) is 84.9 Å². The fourth-order valence-electron chi connectivity index (χ4n) is 7.68. The maximum atomic E-state index is 12.5. The van der Waals surface area contributed by atoms with Crippen molar-refractivity contribution in [3.8, 4) is 39.8 Å². The number of nitrogens with zero attached hydrogens (tertiary/aromatic N) is 3. The van der Waals surface area contributed by atoms with Gasteiger partial charge in [-0.3, -0.25) is 24.4 Å². The molecular formula is C58H68N6O13S. The van der Waals surface area contributed by atoms with Crippen molar-refractivity contribution >= 4 is 39.9 Å². The normalized spacial score (nSPS) is 11.3. The molecule has 5 N–H and O–H groups in total. The van der Waals surface area contributed by atoms with Gasteiger partial charge < -0.3 is 44.2 Å². The van der Waals surface area contributed by atoms with Crippen molar-refractivity contribution in [3.63, 3.8) is 0 Å². The second-order valence-corrected chi connectivity index (χ2v) is 19.0. The number of amides is 2. The molecule has 0 aliphatic heterocycles. The van der Waals surface area contributed by atoms with Crippen molar-refractivity contribution in [1.29, 1.82) is 0 Å². The summed E-state index contributed by atoms with van der Waals surface area (Å²) in [6, 6.07) is 38.7. The minimum atomic E-state index is -4.41. The highest BCUT2D eigenvalue weighted by atomic mass is 32.2. The number of nitrogens with one attached hydrogen (secondary N) is 3. The first-order valence-corrected chi connectivity index (χ1v) is 27.4. The summed E-state index contributed by atoms with van der Waals surface area (Å²) in [4.78, 5) is 45.2. The summed E-state index contributed by atoms with van der Waals surface area (Å²) in [7, 11) is -4.41. The van der Waals surface area contributed by atoms with Crippen LogP contribution in [0.1, 0.15) is 72.9 Å². The number of aliphatic carboxylic acids is 1. The monoisotopic (exact) mass is 1090 g/mol. The fourth-order valence-corrected chi connectivity index (χ4v) is 8.35. The zero-order valence-electron chi connectivity index (χ0n) is 43.6. The average Bonchev–Trinajstić information content (AvgIpc) is 3.45. The first-order valence-electron chi connectivity index (χ1n) is 26.0. The van der Waals surface area contributed by atoms with E-state index >= 15 is 0 Å². The largest absolute Gasteiger partial charge is 0.493 e. The van der Waals surface area contributed by atoms with Crippen LogP contribution in [0.5, 0.6) is 17.4 Å². The van der Waals surface area contributed by atoms with E-state index in [0.717, 1.165) is 41.6 Å². The molecule has 19 nitrogen and oxygen atoms in total. The van der Waals surface area contributed by atoms with Crippen molar-refractivity contribution < 1.29 is 60.9 Å². The molecule has 2 amide bonds. The number of ether oxygens (including phenoxy) is 6. The highest BCUT2D eigenvalue weighted by molar-refractivity contribution is 7.86. The number of rotatable bonds is 37. The number of carbonyl (C=O) groups excluding carboxylic acids is 2. The molecule has 0 radical (unpaired) electrons. The maximum absolute atomic E-state index is 12.5. The minimum absolute atomic E-state index is 0.0790. The molecule has 0 spiro atoms.